The largest absolute Gasteiger partial charge is 1.00 e. The number of sulfonamides is 1. The van der Waals surface area contributed by atoms with Crippen molar-refractivity contribution < 1.29 is 46.9 Å². The number of non-ortho nitro benzene ring substituents is 1. The molecule has 0 unspecified atom stereocenters. The first-order valence-corrected chi connectivity index (χ1v) is 16.4. The van der Waals surface area contributed by atoms with E-state index in [0.717, 1.165) is 15.9 Å². The van der Waals surface area contributed by atoms with E-state index in [2.05, 4.69) is 5.32 Å². The molecule has 0 aliphatic heterocycles. The summed E-state index contributed by atoms with van der Waals surface area (Å²) in [6.45, 7) is 1.71. The van der Waals surface area contributed by atoms with E-state index in [1.165, 1.54) is 36.0 Å². The minimum atomic E-state index is -4.28. The molecule has 4 aromatic carbocycles. The van der Waals surface area contributed by atoms with Crippen LogP contribution in [-0.4, -0.2) is 43.3 Å². The van der Waals surface area contributed by atoms with E-state index in [-0.39, 0.29) is 48.0 Å². The summed E-state index contributed by atoms with van der Waals surface area (Å²) >= 11 is 1.45. The Balaban J connectivity index is 0.00000552. The molecule has 0 fully saturated rings. The molecule has 0 heterocycles. The molecule has 0 saturated heterocycles. The van der Waals surface area contributed by atoms with Crippen molar-refractivity contribution in [2.45, 2.75) is 30.8 Å². The van der Waals surface area contributed by atoms with Gasteiger partial charge in [0.15, 0.2) is 0 Å². The molecule has 0 spiro atoms. The molecule has 4 rings (SSSR count). The number of nitrogens with zero attached hydrogens (tertiary/aromatic N) is 2. The summed E-state index contributed by atoms with van der Waals surface area (Å²) in [4.78, 5) is 35.6. The van der Waals surface area contributed by atoms with E-state index in [4.69, 9.17) is 0 Å². The minimum Gasteiger partial charge on any atom is -0.548 e. The number of anilines is 1. The number of thioether (sulfide) groups is 1. The van der Waals surface area contributed by atoms with Gasteiger partial charge >= 0.3 is 18.9 Å². The summed E-state index contributed by atoms with van der Waals surface area (Å²) in [5.41, 5.74) is 2.76. The van der Waals surface area contributed by atoms with Gasteiger partial charge in [0, 0.05) is 17.7 Å². The Labute approximate surface area is 278 Å². The van der Waals surface area contributed by atoms with Crippen LogP contribution in [0, 0.1) is 17.0 Å². The second-order valence-corrected chi connectivity index (χ2v) is 12.8. The average Bonchev–Trinajstić information content (AvgIpc) is 3.02. The van der Waals surface area contributed by atoms with Crippen LogP contribution in [0.4, 0.5) is 11.4 Å². The maximum absolute atomic E-state index is 13.9. The molecule has 1 N–H and O–H groups in total. The molecule has 0 aromatic heterocycles. The Morgan fingerprint density at radius 1 is 0.933 bits per heavy atom. The van der Waals surface area contributed by atoms with Crippen LogP contribution in [0.5, 0.6) is 0 Å². The molecule has 0 aliphatic carbocycles. The van der Waals surface area contributed by atoms with Gasteiger partial charge in [-0.3, -0.25) is 19.2 Å². The fraction of sp³-hybridized carbons (Fsp3) is 0.188. The van der Waals surface area contributed by atoms with Crippen molar-refractivity contribution in [2.24, 2.45) is 0 Å². The van der Waals surface area contributed by atoms with E-state index in [1.54, 1.807) is 42.5 Å². The molecule has 10 nitrogen and oxygen atoms in total. The number of carboxylic acid groups (broad SMARTS) is 1. The summed E-state index contributed by atoms with van der Waals surface area (Å²) in [6, 6.07) is 24.2. The van der Waals surface area contributed by atoms with Crippen molar-refractivity contribution in [3.05, 3.63) is 124 Å². The first-order chi connectivity index (χ1) is 21.0. The van der Waals surface area contributed by atoms with Gasteiger partial charge < -0.3 is 15.2 Å². The Bertz CT molecular complexity index is 1790. The zero-order valence-corrected chi connectivity index (χ0v) is 26.6. The molecular formula is C32H30LiN3O7S2. The maximum atomic E-state index is 13.9. The smallest absolute Gasteiger partial charge is 0.548 e. The first-order valence-electron chi connectivity index (χ1n) is 13.5. The van der Waals surface area contributed by atoms with Gasteiger partial charge in [-0.1, -0.05) is 54.6 Å². The molecule has 13 heteroatoms. The van der Waals surface area contributed by atoms with Crippen molar-refractivity contribution >= 4 is 45.0 Å². The number of carboxylic acids is 1. The molecule has 1 atom stereocenters. The summed E-state index contributed by atoms with van der Waals surface area (Å²) < 4.78 is 29.0. The monoisotopic (exact) mass is 639 g/mol. The van der Waals surface area contributed by atoms with E-state index in [0.29, 0.717) is 28.1 Å². The van der Waals surface area contributed by atoms with Crippen molar-refractivity contribution in [2.75, 3.05) is 16.3 Å². The van der Waals surface area contributed by atoms with Gasteiger partial charge in [-0.05, 0) is 77.9 Å². The van der Waals surface area contributed by atoms with Crippen LogP contribution in [0.15, 0.2) is 102 Å². The fourth-order valence-corrected chi connectivity index (χ4v) is 6.63. The van der Waals surface area contributed by atoms with Gasteiger partial charge in [0.1, 0.15) is 0 Å². The molecular weight excluding hydrogens is 609 g/mol. The Hall–Kier alpha value is -4.08. The minimum absolute atomic E-state index is 0. The molecule has 1 amide bonds. The molecule has 4 aromatic rings. The quantitative estimate of drug-likeness (QED) is 0.132. The predicted molar refractivity (Wildman–Crippen MR) is 169 cm³/mol. The summed E-state index contributed by atoms with van der Waals surface area (Å²) in [6.07, 6.45) is 2.02. The SMILES string of the molecule is CSCC[C@H](NC(=O)c1ccc(CN(c2ccccc2)S(=O)(=O)c2cccc([N+](=O)[O-])c2)cc1-c1ccccc1C)C(=O)[O-].[Li+]. The van der Waals surface area contributed by atoms with Crippen LogP contribution < -0.4 is 33.6 Å². The summed E-state index contributed by atoms with van der Waals surface area (Å²) in [5, 5.41) is 25.7. The number of nitrogens with one attached hydrogen (secondary N) is 1. The van der Waals surface area contributed by atoms with E-state index < -0.39 is 32.9 Å². The van der Waals surface area contributed by atoms with Crippen LogP contribution in [0.25, 0.3) is 11.1 Å². The third-order valence-electron chi connectivity index (χ3n) is 6.95. The average molecular weight is 640 g/mol. The van der Waals surface area contributed by atoms with Crippen LogP contribution in [-0.2, 0) is 21.4 Å². The second kappa shape index (κ2) is 15.8. The number of aliphatic carboxylic acids is 1. The molecule has 0 aliphatic rings. The van der Waals surface area contributed by atoms with Gasteiger partial charge in [-0.2, -0.15) is 11.8 Å². The van der Waals surface area contributed by atoms with Gasteiger partial charge in [0.2, 0.25) is 0 Å². The van der Waals surface area contributed by atoms with Crippen LogP contribution in [0.3, 0.4) is 0 Å². The number of benzene rings is 4. The number of carbonyl (C=O) groups is 2. The van der Waals surface area contributed by atoms with Crippen LogP contribution in [0.1, 0.15) is 27.9 Å². The number of hydrogen-bond acceptors (Lipinski definition) is 8. The molecule has 0 bridgehead atoms. The van der Waals surface area contributed by atoms with Crippen molar-refractivity contribution in [3.63, 3.8) is 0 Å². The van der Waals surface area contributed by atoms with E-state index in [9.17, 15) is 33.2 Å². The van der Waals surface area contributed by atoms with Gasteiger partial charge in [-0.15, -0.1) is 0 Å². The number of aryl methyl sites for hydroxylation is 1. The molecule has 0 saturated carbocycles. The van der Waals surface area contributed by atoms with Gasteiger partial charge in [0.05, 0.1) is 34.1 Å². The number of carbonyl (C=O) groups excluding carboxylic acids is 2. The van der Waals surface area contributed by atoms with E-state index >= 15 is 0 Å². The molecule has 0 radical (unpaired) electrons. The third kappa shape index (κ3) is 8.55. The van der Waals surface area contributed by atoms with Crippen molar-refractivity contribution in [1.29, 1.82) is 0 Å². The fourth-order valence-electron chi connectivity index (χ4n) is 4.67. The van der Waals surface area contributed by atoms with Crippen LogP contribution in [0.2, 0.25) is 0 Å². The number of rotatable bonds is 13. The number of amides is 1. The number of nitro benzene ring substituents is 1. The molecule has 228 valence electrons. The number of hydrogen-bond donors (Lipinski definition) is 1. The second-order valence-electron chi connectivity index (χ2n) is 9.92. The van der Waals surface area contributed by atoms with E-state index in [1.807, 2.05) is 37.4 Å². The maximum Gasteiger partial charge on any atom is 1.00 e. The first kappa shape index (κ1) is 35.4. The zero-order valence-electron chi connectivity index (χ0n) is 25.0. The normalized spacial score (nSPS) is 11.6. The summed E-state index contributed by atoms with van der Waals surface area (Å²) in [5.74, 6) is -1.47. The standard InChI is InChI=1S/C32H31N3O7S2.Li/c1-22-9-6-7-14-27(22)29-19-23(15-16-28(29)31(36)33-30(32(37)38)17-18-43-2)21-34(24-10-4-3-5-11-24)44(41,42)26-13-8-12-25(20-26)35(39)40;/h3-16,19-20,30H,17-18,21H2,1-2H3,(H,33,36)(H,37,38);/q;+1/p-1/t30-;/m0./s1. The summed E-state index contributed by atoms with van der Waals surface area (Å²) in [7, 11) is -4.28. The topological polar surface area (TPSA) is 150 Å². The third-order valence-corrected chi connectivity index (χ3v) is 9.36. The number of para-hydroxylation sites is 1. The van der Waals surface area contributed by atoms with Gasteiger partial charge in [-0.25, -0.2) is 8.42 Å². The van der Waals surface area contributed by atoms with Crippen LogP contribution >= 0.6 is 11.8 Å². The Morgan fingerprint density at radius 3 is 2.27 bits per heavy atom. The van der Waals surface area contributed by atoms with Crippen molar-refractivity contribution in [3.8, 4) is 11.1 Å². The zero-order chi connectivity index (χ0) is 31.9. The Morgan fingerprint density at radius 2 is 1.62 bits per heavy atom. The number of nitro groups is 1. The van der Waals surface area contributed by atoms with Crippen molar-refractivity contribution in [1.82, 2.24) is 5.32 Å². The molecule has 45 heavy (non-hydrogen) atoms. The predicted octanol–water partition coefficient (Wildman–Crippen LogP) is 1.57. The Kier molecular flexibility index (Phi) is 12.4. The van der Waals surface area contributed by atoms with Gasteiger partial charge in [0.25, 0.3) is 21.6 Å².